The fourth-order valence-electron chi connectivity index (χ4n) is 5.59. The van der Waals surface area contributed by atoms with Crippen LogP contribution in [0.15, 0.2) is 79.5 Å². The number of aromatic nitrogens is 4. The number of piperidine rings is 1. The van der Waals surface area contributed by atoms with Crippen LogP contribution in [0.2, 0.25) is 0 Å². The normalized spacial score (nSPS) is 16.7. The van der Waals surface area contributed by atoms with Crippen LogP contribution in [0.25, 0.3) is 33.1 Å². The second kappa shape index (κ2) is 9.65. The van der Waals surface area contributed by atoms with E-state index in [1.54, 1.807) is 25.5 Å². The van der Waals surface area contributed by atoms with Crippen molar-refractivity contribution in [1.82, 2.24) is 24.4 Å². The summed E-state index contributed by atoms with van der Waals surface area (Å²) in [6, 6.07) is 17.0. The summed E-state index contributed by atoms with van der Waals surface area (Å²) in [5.41, 5.74) is 7.12. The topological polar surface area (TPSA) is 75.9 Å². The molecule has 7 heteroatoms. The summed E-state index contributed by atoms with van der Waals surface area (Å²) in [4.78, 5) is 27.9. The monoisotopic (exact) mass is 490 g/mol. The maximum atomic E-state index is 12.2. The Morgan fingerprint density at radius 2 is 1.97 bits per heavy atom. The van der Waals surface area contributed by atoms with Gasteiger partial charge in [0.15, 0.2) is 0 Å². The largest absolute Gasteiger partial charge is 0.378 e. The zero-order chi connectivity index (χ0) is 25.4. The minimum atomic E-state index is 0.00757. The smallest absolute Gasteiger partial charge is 0.219 e. The highest BCUT2D eigenvalue weighted by Crippen LogP contribution is 2.36. The number of amides is 1. The van der Waals surface area contributed by atoms with Gasteiger partial charge in [0.2, 0.25) is 5.91 Å². The van der Waals surface area contributed by atoms with Crippen molar-refractivity contribution < 1.29 is 4.79 Å². The van der Waals surface area contributed by atoms with Crippen molar-refractivity contribution in [3.8, 4) is 11.1 Å². The summed E-state index contributed by atoms with van der Waals surface area (Å²) in [6.07, 6.45) is 11.3. The number of nitrogens with zero attached hydrogens (tertiary/aromatic N) is 5. The molecule has 1 fully saturated rings. The lowest BCUT2D eigenvalue weighted by Gasteiger charge is -2.37. The molecule has 4 heterocycles. The molecule has 3 aromatic heterocycles. The van der Waals surface area contributed by atoms with Crippen LogP contribution >= 0.6 is 0 Å². The Labute approximate surface area is 216 Å². The molecule has 0 radical (unpaired) electrons. The van der Waals surface area contributed by atoms with Gasteiger partial charge in [0.05, 0.1) is 17.1 Å². The predicted molar refractivity (Wildman–Crippen MR) is 147 cm³/mol. The van der Waals surface area contributed by atoms with E-state index in [4.69, 9.17) is 4.98 Å². The van der Waals surface area contributed by atoms with Crippen LogP contribution in [0.3, 0.4) is 0 Å². The molecule has 2 atom stereocenters. The minimum Gasteiger partial charge on any atom is -0.378 e. The van der Waals surface area contributed by atoms with Crippen LogP contribution in [0.1, 0.15) is 31.4 Å². The highest BCUT2D eigenvalue weighted by atomic mass is 16.2. The number of hydrogen-bond donors (Lipinski definition) is 1. The van der Waals surface area contributed by atoms with Crippen LogP contribution in [-0.2, 0) is 11.8 Å². The summed E-state index contributed by atoms with van der Waals surface area (Å²) in [7, 11) is 2.06. The first-order valence-electron chi connectivity index (χ1n) is 12.8. The van der Waals surface area contributed by atoms with E-state index in [-0.39, 0.29) is 17.9 Å². The molecule has 5 aromatic rings. The number of hydrogen-bond acceptors (Lipinski definition) is 5. The van der Waals surface area contributed by atoms with Gasteiger partial charge in [-0.05, 0) is 59.7 Å². The zero-order valence-electron chi connectivity index (χ0n) is 21.1. The molecule has 37 heavy (non-hydrogen) atoms. The number of benzene rings is 2. The van der Waals surface area contributed by atoms with Crippen molar-refractivity contribution in [2.75, 3.05) is 18.4 Å². The third-order valence-corrected chi connectivity index (χ3v) is 7.51. The number of likely N-dealkylation sites (tertiary alicyclic amines) is 1. The quantitative estimate of drug-likeness (QED) is 0.347. The van der Waals surface area contributed by atoms with E-state index in [9.17, 15) is 4.79 Å². The molecule has 0 bridgehead atoms. The van der Waals surface area contributed by atoms with Crippen LogP contribution in [-0.4, -0.2) is 43.4 Å². The van der Waals surface area contributed by atoms with Crippen molar-refractivity contribution in [3.05, 3.63) is 85.1 Å². The number of rotatable bonds is 5. The molecule has 1 N–H and O–H groups in total. The van der Waals surface area contributed by atoms with Gasteiger partial charge in [-0.1, -0.05) is 18.2 Å². The molecule has 1 amide bonds. The standard InChI is InChI=1S/C30H30N6O/c1-20(37)36-13-4-6-24(19-36)29(23-5-3-10-31-18-23)34-25-16-26(30-27(17-25)32-11-12-33-30)22-8-7-21-9-14-35(2)28(21)15-22/h3,5,7-12,14-18,24,29,34H,4,6,13,19H2,1-2H3/t24?,29-/m0/s1. The van der Waals surface area contributed by atoms with E-state index in [1.807, 2.05) is 17.2 Å². The van der Waals surface area contributed by atoms with Crippen molar-refractivity contribution in [2.45, 2.75) is 25.8 Å². The van der Waals surface area contributed by atoms with Crippen LogP contribution in [0.4, 0.5) is 5.69 Å². The van der Waals surface area contributed by atoms with Gasteiger partial charge in [-0.3, -0.25) is 19.7 Å². The van der Waals surface area contributed by atoms with E-state index in [0.717, 1.165) is 59.3 Å². The summed E-state index contributed by atoms with van der Waals surface area (Å²) >= 11 is 0. The van der Waals surface area contributed by atoms with Crippen LogP contribution < -0.4 is 5.32 Å². The molecule has 0 saturated carbocycles. The lowest BCUT2D eigenvalue weighted by Crippen LogP contribution is -2.41. The predicted octanol–water partition coefficient (Wildman–Crippen LogP) is 5.60. The van der Waals surface area contributed by atoms with Crippen LogP contribution in [0, 0.1) is 5.92 Å². The van der Waals surface area contributed by atoms with Gasteiger partial charge in [-0.2, -0.15) is 0 Å². The highest BCUT2D eigenvalue weighted by Gasteiger charge is 2.30. The Morgan fingerprint density at radius 1 is 1.08 bits per heavy atom. The number of carbonyl (C=O) groups excluding carboxylic acids is 1. The molecule has 6 rings (SSSR count). The molecule has 186 valence electrons. The number of anilines is 1. The molecular weight excluding hydrogens is 460 g/mol. The molecule has 7 nitrogen and oxygen atoms in total. The summed E-state index contributed by atoms with van der Waals surface area (Å²) < 4.78 is 2.14. The van der Waals surface area contributed by atoms with Gasteiger partial charge in [0, 0.05) is 80.7 Å². The van der Waals surface area contributed by atoms with E-state index < -0.39 is 0 Å². The molecule has 0 spiro atoms. The van der Waals surface area contributed by atoms with Crippen LogP contribution in [0.5, 0.6) is 0 Å². The van der Waals surface area contributed by atoms with Crippen molar-refractivity contribution >= 4 is 33.5 Å². The van der Waals surface area contributed by atoms with E-state index in [2.05, 4.69) is 75.6 Å². The van der Waals surface area contributed by atoms with Gasteiger partial charge >= 0.3 is 0 Å². The molecular formula is C30H30N6O. The Hall–Kier alpha value is -4.26. The molecule has 1 aliphatic rings. The second-order valence-electron chi connectivity index (χ2n) is 9.92. The molecule has 1 aliphatic heterocycles. The number of carbonyl (C=O) groups is 1. The number of aryl methyl sites for hydroxylation is 1. The summed E-state index contributed by atoms with van der Waals surface area (Å²) in [5, 5.41) is 5.03. The average molecular weight is 491 g/mol. The Bertz CT molecular complexity index is 1580. The van der Waals surface area contributed by atoms with Gasteiger partial charge in [-0.15, -0.1) is 0 Å². The lowest BCUT2D eigenvalue weighted by molar-refractivity contribution is -0.130. The Morgan fingerprint density at radius 3 is 2.81 bits per heavy atom. The Balaban J connectivity index is 1.43. The van der Waals surface area contributed by atoms with E-state index in [0.29, 0.717) is 0 Å². The molecule has 1 saturated heterocycles. The SMILES string of the molecule is CC(=O)N1CCCC([C@@H](Nc2cc(-c3ccc4ccn(C)c4c3)c3nccnc3c2)c2cccnc2)C1. The van der Waals surface area contributed by atoms with Gasteiger partial charge < -0.3 is 14.8 Å². The number of pyridine rings is 1. The first-order valence-corrected chi connectivity index (χ1v) is 12.8. The fourth-order valence-corrected chi connectivity index (χ4v) is 5.59. The van der Waals surface area contributed by atoms with Crippen molar-refractivity contribution in [1.29, 1.82) is 0 Å². The maximum absolute atomic E-state index is 12.2. The first-order chi connectivity index (χ1) is 18.1. The van der Waals surface area contributed by atoms with Crippen molar-refractivity contribution in [3.63, 3.8) is 0 Å². The first kappa shape index (κ1) is 23.2. The van der Waals surface area contributed by atoms with Gasteiger partial charge in [0.1, 0.15) is 0 Å². The number of fused-ring (bicyclic) bond motifs is 2. The highest BCUT2D eigenvalue weighted by molar-refractivity contribution is 5.97. The molecule has 0 aliphatic carbocycles. The summed E-state index contributed by atoms with van der Waals surface area (Å²) in [6.45, 7) is 3.21. The van der Waals surface area contributed by atoms with E-state index >= 15 is 0 Å². The second-order valence-corrected chi connectivity index (χ2v) is 9.92. The maximum Gasteiger partial charge on any atom is 0.219 e. The van der Waals surface area contributed by atoms with Gasteiger partial charge in [0.25, 0.3) is 0 Å². The van der Waals surface area contributed by atoms with E-state index in [1.165, 1.54) is 10.9 Å². The minimum absolute atomic E-state index is 0.00757. The number of nitrogens with one attached hydrogen (secondary N) is 1. The lowest BCUT2D eigenvalue weighted by atomic mass is 9.86. The Kier molecular flexibility index (Phi) is 6.04. The third-order valence-electron chi connectivity index (χ3n) is 7.51. The van der Waals surface area contributed by atoms with Gasteiger partial charge in [-0.25, -0.2) is 0 Å². The van der Waals surface area contributed by atoms with Crippen molar-refractivity contribution in [2.24, 2.45) is 13.0 Å². The zero-order valence-corrected chi connectivity index (χ0v) is 21.1. The third kappa shape index (κ3) is 4.53. The molecule has 1 unspecified atom stereocenters. The fraction of sp³-hybridized carbons (Fsp3) is 0.267. The average Bonchev–Trinajstić information content (AvgIpc) is 3.31. The summed E-state index contributed by atoms with van der Waals surface area (Å²) in [5.74, 6) is 0.400. The molecule has 2 aromatic carbocycles.